The van der Waals surface area contributed by atoms with Crippen molar-refractivity contribution in [3.8, 4) is 0 Å². The zero-order valence-electron chi connectivity index (χ0n) is 12.3. The molecule has 1 saturated heterocycles. The number of rotatable bonds is 3. The van der Waals surface area contributed by atoms with Gasteiger partial charge in [0.2, 0.25) is 0 Å². The van der Waals surface area contributed by atoms with Crippen LogP contribution in [0.3, 0.4) is 0 Å². The van der Waals surface area contributed by atoms with Crippen LogP contribution >= 0.6 is 0 Å². The van der Waals surface area contributed by atoms with Gasteiger partial charge in [0.15, 0.2) is 5.03 Å². The van der Waals surface area contributed by atoms with Gasteiger partial charge in [-0.1, -0.05) is 0 Å². The molecule has 3 atom stereocenters. The van der Waals surface area contributed by atoms with Crippen LogP contribution in [-0.4, -0.2) is 49.4 Å². The van der Waals surface area contributed by atoms with E-state index in [-0.39, 0.29) is 23.3 Å². The van der Waals surface area contributed by atoms with Gasteiger partial charge >= 0.3 is 0 Å². The lowest BCUT2D eigenvalue weighted by molar-refractivity contribution is -0.156. The molecule has 3 rings (SSSR count). The molecule has 0 radical (unpaired) electrons. The first-order valence-corrected chi connectivity index (χ1v) is 8.69. The third-order valence-electron chi connectivity index (χ3n) is 4.16. The summed E-state index contributed by atoms with van der Waals surface area (Å²) in [5.74, 6) is 0.670. The van der Waals surface area contributed by atoms with E-state index < -0.39 is 10.0 Å². The third-order valence-corrected chi connectivity index (χ3v) is 5.55. The quantitative estimate of drug-likeness (QED) is 0.870. The lowest BCUT2D eigenvalue weighted by Crippen LogP contribution is -2.49. The maximum atomic E-state index is 12.4. The smallest absolute Gasteiger partial charge is 0.259 e. The Balaban J connectivity index is 1.68. The molecular weight excluding hydrogens is 294 g/mol. The molecule has 1 saturated carbocycles. The minimum absolute atomic E-state index is 0.00864. The molecule has 1 aliphatic heterocycles. The average molecular weight is 315 g/mol. The van der Waals surface area contributed by atoms with Crippen molar-refractivity contribution in [2.75, 3.05) is 13.2 Å². The number of hydrogen-bond donors (Lipinski definition) is 1. The average Bonchev–Trinajstić information content (AvgIpc) is 2.79. The molecule has 1 aromatic heterocycles. The predicted octanol–water partition coefficient (Wildman–Crippen LogP) is 0.343. The second kappa shape index (κ2) is 5.68. The van der Waals surface area contributed by atoms with Crippen LogP contribution in [0.5, 0.6) is 0 Å². The van der Waals surface area contributed by atoms with Gasteiger partial charge in [0, 0.05) is 19.3 Å². The van der Waals surface area contributed by atoms with Gasteiger partial charge < -0.3 is 14.0 Å². The van der Waals surface area contributed by atoms with Gasteiger partial charge in [-0.2, -0.15) is 0 Å². The van der Waals surface area contributed by atoms with Gasteiger partial charge in [0.1, 0.15) is 5.82 Å². The summed E-state index contributed by atoms with van der Waals surface area (Å²) >= 11 is 0. The summed E-state index contributed by atoms with van der Waals surface area (Å²) in [6.07, 6.45) is 3.86. The number of hydrogen-bond acceptors (Lipinski definition) is 5. The first kappa shape index (κ1) is 15.0. The molecule has 0 unspecified atom stereocenters. The lowest BCUT2D eigenvalue weighted by Gasteiger charge is -2.38. The molecule has 2 heterocycles. The van der Waals surface area contributed by atoms with Crippen molar-refractivity contribution in [2.24, 2.45) is 7.05 Å². The van der Waals surface area contributed by atoms with Crippen molar-refractivity contribution in [2.45, 2.75) is 49.5 Å². The number of aromatic nitrogens is 2. The topological polar surface area (TPSA) is 82.5 Å². The fourth-order valence-corrected chi connectivity index (χ4v) is 4.23. The van der Waals surface area contributed by atoms with Gasteiger partial charge in [0.05, 0.1) is 25.4 Å². The van der Waals surface area contributed by atoms with Crippen molar-refractivity contribution in [1.29, 1.82) is 0 Å². The molecule has 118 valence electrons. The van der Waals surface area contributed by atoms with E-state index in [0.717, 1.165) is 12.8 Å². The molecule has 0 spiro atoms. The van der Waals surface area contributed by atoms with E-state index in [1.54, 1.807) is 18.5 Å². The van der Waals surface area contributed by atoms with Crippen LogP contribution in [0, 0.1) is 6.92 Å². The number of imidazole rings is 1. The highest BCUT2D eigenvalue weighted by molar-refractivity contribution is 7.89. The van der Waals surface area contributed by atoms with Crippen LogP contribution in [0.2, 0.25) is 0 Å². The molecule has 21 heavy (non-hydrogen) atoms. The Kier molecular flexibility index (Phi) is 4.04. The molecule has 2 fully saturated rings. The molecular formula is C13H21N3O4S. The first-order chi connectivity index (χ1) is 9.95. The van der Waals surface area contributed by atoms with Crippen molar-refractivity contribution in [3.05, 3.63) is 12.0 Å². The lowest BCUT2D eigenvalue weighted by atomic mass is 9.90. The summed E-state index contributed by atoms with van der Waals surface area (Å²) in [6, 6.07) is -0.125. The second-order valence-corrected chi connectivity index (χ2v) is 7.35. The van der Waals surface area contributed by atoms with E-state index in [1.165, 1.54) is 6.20 Å². The van der Waals surface area contributed by atoms with Crippen molar-refractivity contribution in [3.63, 3.8) is 0 Å². The van der Waals surface area contributed by atoms with E-state index >= 15 is 0 Å². The maximum Gasteiger partial charge on any atom is 0.259 e. The highest BCUT2D eigenvalue weighted by atomic mass is 32.2. The van der Waals surface area contributed by atoms with Gasteiger partial charge in [-0.05, 0) is 26.2 Å². The minimum atomic E-state index is -3.58. The second-order valence-electron chi connectivity index (χ2n) is 5.69. The van der Waals surface area contributed by atoms with E-state index in [2.05, 4.69) is 9.71 Å². The summed E-state index contributed by atoms with van der Waals surface area (Å²) in [7, 11) is -1.80. The number of sulfonamides is 1. The summed E-state index contributed by atoms with van der Waals surface area (Å²) in [5.41, 5.74) is 0. The van der Waals surface area contributed by atoms with E-state index in [0.29, 0.717) is 25.5 Å². The third kappa shape index (κ3) is 3.13. The Morgan fingerprint density at radius 1 is 1.29 bits per heavy atom. The summed E-state index contributed by atoms with van der Waals surface area (Å²) in [5, 5.41) is 0.0745. The van der Waals surface area contributed by atoms with Crippen molar-refractivity contribution < 1.29 is 17.9 Å². The normalized spacial score (nSPS) is 30.1. The van der Waals surface area contributed by atoms with Gasteiger partial charge in [-0.25, -0.2) is 18.1 Å². The predicted molar refractivity (Wildman–Crippen MR) is 75.4 cm³/mol. The molecule has 0 amide bonds. The standard InChI is InChI=1S/C13H21N3O4S/c1-9-14-13(8-16(9)2)21(17,18)15-10-3-4-11-12(7-10)20-6-5-19-11/h8,10-12,15H,3-7H2,1-2H3/t10-,11-,12+/m1/s1. The van der Waals surface area contributed by atoms with Gasteiger partial charge in [-0.15, -0.1) is 0 Å². The fourth-order valence-electron chi connectivity index (χ4n) is 2.91. The van der Waals surface area contributed by atoms with Crippen LogP contribution < -0.4 is 4.72 Å². The van der Waals surface area contributed by atoms with E-state index in [1.807, 2.05) is 0 Å². The molecule has 7 nitrogen and oxygen atoms in total. The molecule has 1 aliphatic carbocycles. The van der Waals surface area contributed by atoms with Gasteiger partial charge in [-0.3, -0.25) is 0 Å². The van der Waals surface area contributed by atoms with Crippen LogP contribution in [0.15, 0.2) is 11.2 Å². The Labute approximate surface area is 124 Å². The number of nitrogens with one attached hydrogen (secondary N) is 1. The Hall–Kier alpha value is -0.960. The first-order valence-electron chi connectivity index (χ1n) is 7.21. The highest BCUT2D eigenvalue weighted by Gasteiger charge is 2.36. The zero-order valence-corrected chi connectivity index (χ0v) is 13.1. The molecule has 1 aromatic rings. The summed E-state index contributed by atoms with van der Waals surface area (Å²) in [6.45, 7) is 2.99. The summed E-state index contributed by atoms with van der Waals surface area (Å²) < 4.78 is 40.5. The number of aryl methyl sites for hydroxylation is 2. The monoisotopic (exact) mass is 315 g/mol. The molecule has 8 heteroatoms. The van der Waals surface area contributed by atoms with Crippen LogP contribution in [0.1, 0.15) is 25.1 Å². The maximum absolute atomic E-state index is 12.4. The van der Waals surface area contributed by atoms with Crippen molar-refractivity contribution >= 4 is 10.0 Å². The number of nitrogens with zero attached hydrogens (tertiary/aromatic N) is 2. The largest absolute Gasteiger partial charge is 0.373 e. The Morgan fingerprint density at radius 3 is 2.67 bits per heavy atom. The van der Waals surface area contributed by atoms with E-state index in [9.17, 15) is 8.42 Å². The van der Waals surface area contributed by atoms with Gasteiger partial charge in [0.25, 0.3) is 10.0 Å². The fraction of sp³-hybridized carbons (Fsp3) is 0.769. The van der Waals surface area contributed by atoms with Crippen LogP contribution in [-0.2, 0) is 26.5 Å². The van der Waals surface area contributed by atoms with Crippen LogP contribution in [0.25, 0.3) is 0 Å². The minimum Gasteiger partial charge on any atom is -0.373 e. The molecule has 0 bridgehead atoms. The Morgan fingerprint density at radius 2 is 2.00 bits per heavy atom. The molecule has 0 aromatic carbocycles. The van der Waals surface area contributed by atoms with Crippen LogP contribution in [0.4, 0.5) is 0 Å². The SMILES string of the molecule is Cc1nc(S(=O)(=O)N[C@@H]2CC[C@H]3OCCO[C@H]3C2)cn1C. The number of fused-ring (bicyclic) bond motifs is 1. The molecule has 2 aliphatic rings. The highest BCUT2D eigenvalue weighted by Crippen LogP contribution is 2.27. The summed E-state index contributed by atoms with van der Waals surface area (Å²) in [4.78, 5) is 4.09. The number of ether oxygens (including phenoxy) is 2. The van der Waals surface area contributed by atoms with Crippen molar-refractivity contribution in [1.82, 2.24) is 14.3 Å². The molecule has 1 N–H and O–H groups in total. The van der Waals surface area contributed by atoms with E-state index in [4.69, 9.17) is 9.47 Å². The zero-order chi connectivity index (χ0) is 15.0. The Bertz CT molecular complexity index is 593.